The molecule has 0 aliphatic carbocycles. The number of amides is 2. The van der Waals surface area contributed by atoms with Crippen molar-refractivity contribution >= 4 is 29.4 Å². The molecular weight excluding hydrogens is 276 g/mol. The van der Waals surface area contributed by atoms with Crippen molar-refractivity contribution in [2.75, 3.05) is 18.1 Å². The van der Waals surface area contributed by atoms with Gasteiger partial charge < -0.3 is 15.7 Å². The zero-order valence-corrected chi connectivity index (χ0v) is 12.5. The fourth-order valence-corrected chi connectivity index (χ4v) is 2.00. The summed E-state index contributed by atoms with van der Waals surface area (Å²) in [5.74, 6) is -0.675. The summed E-state index contributed by atoms with van der Waals surface area (Å²) >= 11 is 1.64. The summed E-state index contributed by atoms with van der Waals surface area (Å²) in [5, 5.41) is 14.0. The lowest BCUT2D eigenvalue weighted by atomic mass is 10.1. The standard InChI is InChI=1S/C14H20N2O3S/c1-10(3-8-13(17)18)9-15-14(19)16-11-4-6-12(20-2)7-5-11/h4-7,10H,3,8-9H2,1-2H3,(H,17,18)(H2,15,16,19). The smallest absolute Gasteiger partial charge is 0.319 e. The Hall–Kier alpha value is -1.69. The molecule has 0 aliphatic heterocycles. The fraction of sp³-hybridized carbons (Fsp3) is 0.429. The van der Waals surface area contributed by atoms with E-state index >= 15 is 0 Å². The SMILES string of the molecule is CSc1ccc(NC(=O)NCC(C)CCC(=O)O)cc1. The number of thioether (sulfide) groups is 1. The van der Waals surface area contributed by atoms with Gasteiger partial charge in [-0.15, -0.1) is 11.8 Å². The molecule has 1 aromatic rings. The van der Waals surface area contributed by atoms with E-state index < -0.39 is 5.97 Å². The van der Waals surface area contributed by atoms with Crippen molar-refractivity contribution in [3.8, 4) is 0 Å². The van der Waals surface area contributed by atoms with Gasteiger partial charge in [0.2, 0.25) is 0 Å². The van der Waals surface area contributed by atoms with Gasteiger partial charge in [0.05, 0.1) is 0 Å². The number of aliphatic carboxylic acids is 1. The number of benzene rings is 1. The molecule has 0 aliphatic rings. The number of urea groups is 1. The average molecular weight is 296 g/mol. The molecule has 5 nitrogen and oxygen atoms in total. The summed E-state index contributed by atoms with van der Waals surface area (Å²) in [6, 6.07) is 7.30. The number of rotatable bonds is 7. The van der Waals surface area contributed by atoms with Crippen LogP contribution in [0.25, 0.3) is 0 Å². The van der Waals surface area contributed by atoms with Crippen molar-refractivity contribution in [3.63, 3.8) is 0 Å². The van der Waals surface area contributed by atoms with E-state index in [0.29, 0.717) is 13.0 Å². The summed E-state index contributed by atoms with van der Waals surface area (Å²) in [6.07, 6.45) is 2.67. The van der Waals surface area contributed by atoms with Gasteiger partial charge in [-0.25, -0.2) is 4.79 Å². The zero-order chi connectivity index (χ0) is 15.0. The lowest BCUT2D eigenvalue weighted by Crippen LogP contribution is -2.32. The number of nitrogens with one attached hydrogen (secondary N) is 2. The minimum Gasteiger partial charge on any atom is -0.481 e. The topological polar surface area (TPSA) is 78.4 Å². The summed E-state index contributed by atoms with van der Waals surface area (Å²) in [4.78, 5) is 23.2. The van der Waals surface area contributed by atoms with E-state index in [9.17, 15) is 9.59 Å². The molecule has 0 saturated heterocycles. The largest absolute Gasteiger partial charge is 0.481 e. The van der Waals surface area contributed by atoms with Gasteiger partial charge in [0.15, 0.2) is 0 Å². The molecule has 1 aromatic carbocycles. The van der Waals surface area contributed by atoms with E-state index in [0.717, 1.165) is 10.6 Å². The lowest BCUT2D eigenvalue weighted by Gasteiger charge is -2.12. The first-order chi connectivity index (χ1) is 9.51. The third-order valence-electron chi connectivity index (χ3n) is 2.81. The van der Waals surface area contributed by atoms with Gasteiger partial charge in [-0.2, -0.15) is 0 Å². The number of anilines is 1. The van der Waals surface area contributed by atoms with Gasteiger partial charge in [-0.1, -0.05) is 6.92 Å². The maximum atomic E-state index is 11.7. The summed E-state index contributed by atoms with van der Waals surface area (Å²) < 4.78 is 0. The molecule has 0 aromatic heterocycles. The second kappa shape index (κ2) is 8.47. The van der Waals surface area contributed by atoms with Gasteiger partial charge in [-0.3, -0.25) is 4.79 Å². The van der Waals surface area contributed by atoms with Crippen molar-refractivity contribution < 1.29 is 14.7 Å². The Morgan fingerprint density at radius 3 is 2.50 bits per heavy atom. The molecule has 0 spiro atoms. The van der Waals surface area contributed by atoms with Crippen molar-refractivity contribution in [2.24, 2.45) is 5.92 Å². The van der Waals surface area contributed by atoms with Crippen molar-refractivity contribution in [2.45, 2.75) is 24.7 Å². The molecule has 20 heavy (non-hydrogen) atoms. The highest BCUT2D eigenvalue weighted by Gasteiger charge is 2.07. The summed E-state index contributed by atoms with van der Waals surface area (Å²) in [6.45, 7) is 2.37. The highest BCUT2D eigenvalue weighted by molar-refractivity contribution is 7.98. The number of carboxylic acid groups (broad SMARTS) is 1. The number of hydrogen-bond donors (Lipinski definition) is 3. The highest BCUT2D eigenvalue weighted by Crippen LogP contribution is 2.17. The molecule has 0 bridgehead atoms. The Morgan fingerprint density at radius 2 is 1.95 bits per heavy atom. The van der Waals surface area contributed by atoms with E-state index in [-0.39, 0.29) is 18.4 Å². The normalized spacial score (nSPS) is 11.7. The lowest BCUT2D eigenvalue weighted by molar-refractivity contribution is -0.137. The van der Waals surface area contributed by atoms with Crippen molar-refractivity contribution in [1.29, 1.82) is 0 Å². The van der Waals surface area contributed by atoms with E-state index in [2.05, 4.69) is 10.6 Å². The number of carbonyl (C=O) groups excluding carboxylic acids is 1. The Bertz CT molecular complexity index is 448. The van der Waals surface area contributed by atoms with Crippen LogP contribution >= 0.6 is 11.8 Å². The zero-order valence-electron chi connectivity index (χ0n) is 11.7. The number of hydrogen-bond acceptors (Lipinski definition) is 3. The van der Waals surface area contributed by atoms with Gasteiger partial charge in [0, 0.05) is 23.5 Å². The van der Waals surface area contributed by atoms with Crippen LogP contribution in [-0.4, -0.2) is 29.9 Å². The summed E-state index contributed by atoms with van der Waals surface area (Å²) in [7, 11) is 0. The third-order valence-corrected chi connectivity index (χ3v) is 3.55. The van der Waals surface area contributed by atoms with Crippen LogP contribution in [0.4, 0.5) is 10.5 Å². The maximum Gasteiger partial charge on any atom is 0.319 e. The van der Waals surface area contributed by atoms with Crippen LogP contribution in [0.15, 0.2) is 29.2 Å². The van der Waals surface area contributed by atoms with Crippen molar-refractivity contribution in [3.05, 3.63) is 24.3 Å². The van der Waals surface area contributed by atoms with E-state index in [4.69, 9.17) is 5.11 Å². The van der Waals surface area contributed by atoms with Crippen LogP contribution in [0.3, 0.4) is 0 Å². The van der Waals surface area contributed by atoms with Crippen LogP contribution in [0.2, 0.25) is 0 Å². The highest BCUT2D eigenvalue weighted by atomic mass is 32.2. The van der Waals surface area contributed by atoms with Gasteiger partial charge >= 0.3 is 12.0 Å². The Morgan fingerprint density at radius 1 is 1.30 bits per heavy atom. The Balaban J connectivity index is 2.30. The molecule has 3 N–H and O–H groups in total. The molecule has 1 rings (SSSR count). The predicted molar refractivity (Wildman–Crippen MR) is 81.3 cm³/mol. The molecule has 2 amide bonds. The second-order valence-electron chi connectivity index (χ2n) is 4.60. The molecule has 0 heterocycles. The van der Waals surface area contributed by atoms with Crippen molar-refractivity contribution in [1.82, 2.24) is 5.32 Å². The van der Waals surface area contributed by atoms with E-state index in [1.165, 1.54) is 0 Å². The third kappa shape index (κ3) is 6.47. The summed E-state index contributed by atoms with van der Waals surface area (Å²) in [5.41, 5.74) is 0.735. The van der Waals surface area contributed by atoms with Crippen LogP contribution < -0.4 is 10.6 Å². The molecule has 6 heteroatoms. The molecular formula is C14H20N2O3S. The maximum absolute atomic E-state index is 11.7. The second-order valence-corrected chi connectivity index (χ2v) is 5.48. The molecule has 1 unspecified atom stereocenters. The first-order valence-corrected chi connectivity index (χ1v) is 7.64. The van der Waals surface area contributed by atoms with E-state index in [1.807, 2.05) is 37.4 Å². The minimum absolute atomic E-state index is 0.126. The van der Waals surface area contributed by atoms with Crippen LogP contribution in [0.5, 0.6) is 0 Å². The Labute approximate surface area is 123 Å². The molecule has 0 saturated carbocycles. The van der Waals surface area contributed by atoms with Gasteiger partial charge in [0.1, 0.15) is 0 Å². The van der Waals surface area contributed by atoms with Gasteiger partial charge in [-0.05, 0) is 42.9 Å². The first kappa shape index (κ1) is 16.4. The van der Waals surface area contributed by atoms with Crippen LogP contribution in [-0.2, 0) is 4.79 Å². The Kier molecular flexibility index (Phi) is 6.93. The number of carbonyl (C=O) groups is 2. The molecule has 110 valence electrons. The van der Waals surface area contributed by atoms with Crippen LogP contribution in [0.1, 0.15) is 19.8 Å². The first-order valence-electron chi connectivity index (χ1n) is 6.42. The molecule has 1 atom stereocenters. The monoisotopic (exact) mass is 296 g/mol. The molecule has 0 fully saturated rings. The predicted octanol–water partition coefficient (Wildman–Crippen LogP) is 3.03. The quantitative estimate of drug-likeness (QED) is 0.676. The van der Waals surface area contributed by atoms with Gasteiger partial charge in [0.25, 0.3) is 0 Å². The average Bonchev–Trinajstić information content (AvgIpc) is 2.43. The van der Waals surface area contributed by atoms with E-state index in [1.54, 1.807) is 11.8 Å². The van der Waals surface area contributed by atoms with Crippen LogP contribution in [0, 0.1) is 5.92 Å². The fourth-order valence-electron chi connectivity index (χ4n) is 1.59. The molecule has 0 radical (unpaired) electrons. The number of carboxylic acids is 1. The minimum atomic E-state index is -0.810.